The molecule has 2 aromatic rings. The highest BCUT2D eigenvalue weighted by Gasteiger charge is 2.22. The number of hydrogen-bond donors (Lipinski definition) is 1. The van der Waals surface area contributed by atoms with Gasteiger partial charge >= 0.3 is 0 Å². The van der Waals surface area contributed by atoms with Crippen molar-refractivity contribution in [3.05, 3.63) is 57.0 Å². The summed E-state index contributed by atoms with van der Waals surface area (Å²) in [6, 6.07) is 7.82. The van der Waals surface area contributed by atoms with Gasteiger partial charge < -0.3 is 5.73 Å². The number of nitrogens with zero attached hydrogens (tertiary/aromatic N) is 2. The molecule has 0 saturated heterocycles. The van der Waals surface area contributed by atoms with Gasteiger partial charge in [0.1, 0.15) is 0 Å². The Morgan fingerprint density at radius 3 is 1.81 bits per heavy atom. The maximum absolute atomic E-state index is 12.0. The van der Waals surface area contributed by atoms with Gasteiger partial charge in [-0.1, -0.05) is 6.92 Å². The van der Waals surface area contributed by atoms with Crippen molar-refractivity contribution in [3.63, 3.8) is 0 Å². The van der Waals surface area contributed by atoms with Crippen molar-refractivity contribution in [2.75, 3.05) is 5.75 Å². The van der Waals surface area contributed by atoms with Crippen molar-refractivity contribution in [3.8, 4) is 0 Å². The summed E-state index contributed by atoms with van der Waals surface area (Å²) in [5.41, 5.74) is 7.51. The predicted octanol–water partition coefficient (Wildman–Crippen LogP) is 5.36. The maximum atomic E-state index is 12.0. The molecular weight excluding hydrogens is 478 g/mol. The molecule has 0 aliphatic carbocycles. The van der Waals surface area contributed by atoms with E-state index in [-0.39, 0.29) is 16.7 Å². The van der Waals surface area contributed by atoms with Crippen molar-refractivity contribution in [1.29, 1.82) is 0 Å². The first kappa shape index (κ1) is 23.4. The standard InChI is InChI=1S/C12H18BrNOS.C7H9BrN2/c1-9(8-16(15)12(2,3)4)11-6-5-10(13)7-14-11;1-5(9)7-3-2-6(8)4-10-7/h5-7,9H,8H2,1-4H3;2-5H,9H2,1H3/t9-,16-;5-/m10/s1. The average molecular weight is 505 g/mol. The van der Waals surface area contributed by atoms with Gasteiger partial charge in [-0.15, -0.1) is 0 Å². The minimum atomic E-state index is -0.825. The second-order valence-corrected chi connectivity index (χ2v) is 11.2. The zero-order valence-corrected chi connectivity index (χ0v) is 19.9. The number of rotatable bonds is 4. The van der Waals surface area contributed by atoms with Crippen LogP contribution in [-0.2, 0) is 10.8 Å². The van der Waals surface area contributed by atoms with E-state index in [2.05, 4.69) is 48.8 Å². The second-order valence-electron chi connectivity index (χ2n) is 7.12. The third-order valence-corrected chi connectivity index (χ3v) is 6.66. The number of pyridine rings is 2. The SMILES string of the molecule is C[C@H](C[S@@](=O)C(C)(C)C)c1ccc(Br)cn1.C[C@H](N)c1ccc(Br)cn1. The molecule has 26 heavy (non-hydrogen) atoms. The number of halogens is 2. The third-order valence-electron chi connectivity index (χ3n) is 3.56. The molecule has 0 unspecified atom stereocenters. The van der Waals surface area contributed by atoms with E-state index in [0.29, 0.717) is 5.75 Å². The van der Waals surface area contributed by atoms with Crippen LogP contribution in [0.25, 0.3) is 0 Å². The molecule has 0 aromatic carbocycles. The molecule has 0 aliphatic rings. The first-order valence-electron chi connectivity index (χ1n) is 8.37. The van der Waals surface area contributed by atoms with E-state index in [4.69, 9.17) is 5.73 Å². The molecule has 0 aliphatic heterocycles. The molecule has 3 atom stereocenters. The molecule has 2 N–H and O–H groups in total. The van der Waals surface area contributed by atoms with Gasteiger partial charge in [-0.25, -0.2) is 0 Å². The summed E-state index contributed by atoms with van der Waals surface area (Å²) in [6.45, 7) is 10.00. The van der Waals surface area contributed by atoms with Gasteiger partial charge in [0.15, 0.2) is 0 Å². The fourth-order valence-electron chi connectivity index (χ4n) is 1.90. The second kappa shape index (κ2) is 10.6. The Bertz CT molecular complexity index is 698. The maximum Gasteiger partial charge on any atom is 0.0569 e. The lowest BCUT2D eigenvalue weighted by Crippen LogP contribution is -2.26. The van der Waals surface area contributed by atoms with Gasteiger partial charge in [-0.3, -0.25) is 14.2 Å². The molecule has 0 amide bonds. The van der Waals surface area contributed by atoms with E-state index in [9.17, 15) is 4.21 Å². The number of hydrogen-bond acceptors (Lipinski definition) is 4. The molecule has 0 bridgehead atoms. The Kier molecular flexibility index (Phi) is 9.58. The molecule has 0 fully saturated rings. The van der Waals surface area contributed by atoms with Crippen molar-refractivity contribution in [2.24, 2.45) is 5.73 Å². The third kappa shape index (κ3) is 8.37. The average Bonchev–Trinajstić information content (AvgIpc) is 2.55. The molecule has 2 heterocycles. The smallest absolute Gasteiger partial charge is 0.0569 e. The van der Waals surface area contributed by atoms with Gasteiger partial charge in [-0.2, -0.15) is 0 Å². The van der Waals surface area contributed by atoms with Crippen LogP contribution in [0.1, 0.15) is 58.0 Å². The summed E-state index contributed by atoms with van der Waals surface area (Å²) >= 11 is 6.65. The Morgan fingerprint density at radius 2 is 1.46 bits per heavy atom. The van der Waals surface area contributed by atoms with E-state index < -0.39 is 10.8 Å². The largest absolute Gasteiger partial charge is 0.323 e. The van der Waals surface area contributed by atoms with Gasteiger partial charge in [0, 0.05) is 60.3 Å². The van der Waals surface area contributed by atoms with Crippen LogP contribution in [0.15, 0.2) is 45.6 Å². The van der Waals surface area contributed by atoms with Crippen molar-refractivity contribution in [2.45, 2.75) is 51.3 Å². The summed E-state index contributed by atoms with van der Waals surface area (Å²) in [5, 5.41) is 0. The van der Waals surface area contributed by atoms with Crippen molar-refractivity contribution in [1.82, 2.24) is 9.97 Å². The van der Waals surface area contributed by atoms with Crippen LogP contribution in [-0.4, -0.2) is 24.7 Å². The monoisotopic (exact) mass is 503 g/mol. The van der Waals surface area contributed by atoms with Crippen LogP contribution in [0.5, 0.6) is 0 Å². The number of nitrogens with two attached hydrogens (primary N) is 1. The molecule has 7 heteroatoms. The molecule has 0 saturated carbocycles. The van der Waals surface area contributed by atoms with Crippen LogP contribution >= 0.6 is 31.9 Å². The van der Waals surface area contributed by atoms with E-state index >= 15 is 0 Å². The fraction of sp³-hybridized carbons (Fsp3) is 0.474. The van der Waals surface area contributed by atoms with Gasteiger partial charge in [-0.05, 0) is 83.8 Å². The van der Waals surface area contributed by atoms with E-state index in [1.54, 1.807) is 12.4 Å². The summed E-state index contributed by atoms with van der Waals surface area (Å²) < 4.78 is 13.8. The highest BCUT2D eigenvalue weighted by atomic mass is 79.9. The fourth-order valence-corrected chi connectivity index (χ4v) is 3.49. The predicted molar refractivity (Wildman–Crippen MR) is 118 cm³/mol. The lowest BCUT2D eigenvalue weighted by molar-refractivity contribution is 0.641. The van der Waals surface area contributed by atoms with E-state index in [0.717, 1.165) is 20.3 Å². The van der Waals surface area contributed by atoms with E-state index in [1.807, 2.05) is 52.0 Å². The van der Waals surface area contributed by atoms with Crippen LogP contribution in [0, 0.1) is 0 Å². The van der Waals surface area contributed by atoms with Crippen LogP contribution < -0.4 is 5.73 Å². The number of aromatic nitrogens is 2. The zero-order valence-electron chi connectivity index (χ0n) is 15.9. The summed E-state index contributed by atoms with van der Waals surface area (Å²) in [5.74, 6) is 0.895. The molecule has 0 radical (unpaired) electrons. The first-order valence-corrected chi connectivity index (χ1v) is 11.3. The lowest BCUT2D eigenvalue weighted by atomic mass is 10.1. The molecule has 144 valence electrons. The van der Waals surface area contributed by atoms with Crippen molar-refractivity contribution >= 4 is 42.7 Å². The quantitative estimate of drug-likeness (QED) is 0.608. The molecular formula is C19H27Br2N3OS. The van der Waals surface area contributed by atoms with Crippen LogP contribution in [0.2, 0.25) is 0 Å². The Labute approximate surface area is 176 Å². The molecule has 4 nitrogen and oxygen atoms in total. The minimum Gasteiger partial charge on any atom is -0.323 e. The Balaban J connectivity index is 0.000000289. The molecule has 2 aromatic heterocycles. The zero-order chi connectivity index (χ0) is 19.9. The van der Waals surface area contributed by atoms with Crippen molar-refractivity contribution < 1.29 is 4.21 Å². The van der Waals surface area contributed by atoms with Gasteiger partial charge in [0.05, 0.1) is 5.69 Å². The molecule has 0 spiro atoms. The first-order chi connectivity index (χ1) is 12.0. The van der Waals surface area contributed by atoms with E-state index in [1.165, 1.54) is 0 Å². The summed E-state index contributed by atoms with van der Waals surface area (Å²) in [4.78, 5) is 8.44. The topological polar surface area (TPSA) is 68.9 Å². The normalized spacial score (nSPS) is 14.8. The Hall–Kier alpha value is -0.630. The van der Waals surface area contributed by atoms with Crippen LogP contribution in [0.3, 0.4) is 0 Å². The summed E-state index contributed by atoms with van der Waals surface area (Å²) in [6.07, 6.45) is 3.53. The Morgan fingerprint density at radius 1 is 1.00 bits per heavy atom. The molecule has 2 rings (SSSR count). The van der Waals surface area contributed by atoms with Gasteiger partial charge in [0.2, 0.25) is 0 Å². The summed E-state index contributed by atoms with van der Waals surface area (Å²) in [7, 11) is -0.825. The van der Waals surface area contributed by atoms with Crippen LogP contribution in [0.4, 0.5) is 0 Å². The highest BCUT2D eigenvalue weighted by molar-refractivity contribution is 9.10. The lowest BCUT2D eigenvalue weighted by Gasteiger charge is -2.20. The highest BCUT2D eigenvalue weighted by Crippen LogP contribution is 2.21. The van der Waals surface area contributed by atoms with Gasteiger partial charge in [0.25, 0.3) is 0 Å². The minimum absolute atomic E-state index is 0.0214.